The van der Waals surface area contributed by atoms with E-state index < -0.39 is 17.9 Å². The summed E-state index contributed by atoms with van der Waals surface area (Å²) >= 11 is 0. The van der Waals surface area contributed by atoms with Gasteiger partial charge in [0, 0.05) is 5.56 Å². The molecule has 0 aromatic heterocycles. The van der Waals surface area contributed by atoms with Gasteiger partial charge in [-0.15, -0.1) is 0 Å². The van der Waals surface area contributed by atoms with Crippen molar-refractivity contribution in [3.63, 3.8) is 0 Å². The van der Waals surface area contributed by atoms with Gasteiger partial charge in [0.05, 0.1) is 7.11 Å². The summed E-state index contributed by atoms with van der Waals surface area (Å²) in [6.45, 7) is 5.18. The molecule has 0 bridgehead atoms. The first kappa shape index (κ1) is 15.1. The van der Waals surface area contributed by atoms with Crippen LogP contribution in [0.4, 0.5) is 4.39 Å². The minimum Gasteiger partial charge on any atom is -0.467 e. The van der Waals surface area contributed by atoms with Gasteiger partial charge >= 0.3 is 5.97 Å². The van der Waals surface area contributed by atoms with Crippen LogP contribution in [0.25, 0.3) is 0 Å². The van der Waals surface area contributed by atoms with Gasteiger partial charge in [0.1, 0.15) is 11.9 Å². The average Bonchev–Trinajstić information content (AvgIpc) is 2.37. The Morgan fingerprint density at radius 1 is 1.32 bits per heavy atom. The number of amides is 1. The van der Waals surface area contributed by atoms with Crippen LogP contribution in [0.2, 0.25) is 0 Å². The van der Waals surface area contributed by atoms with E-state index in [1.54, 1.807) is 20.8 Å². The second kappa shape index (κ2) is 6.31. The first-order valence-corrected chi connectivity index (χ1v) is 6.01. The molecule has 1 aromatic carbocycles. The van der Waals surface area contributed by atoms with Gasteiger partial charge in [0.25, 0.3) is 5.91 Å². The Balaban J connectivity index is 2.87. The largest absolute Gasteiger partial charge is 0.467 e. The molecule has 1 unspecified atom stereocenters. The zero-order valence-corrected chi connectivity index (χ0v) is 11.5. The standard InChI is InChI=1S/C14H18FNO3/c1-8(2)12(14(18)19-4)16-13(17)10-5-6-11(15)9(3)7-10/h5-8,12H,1-4H3,(H,16,17). The zero-order chi connectivity index (χ0) is 14.6. The molecule has 1 rings (SSSR count). The quantitative estimate of drug-likeness (QED) is 0.850. The van der Waals surface area contributed by atoms with Crippen LogP contribution in [-0.2, 0) is 9.53 Å². The normalized spacial score (nSPS) is 12.1. The van der Waals surface area contributed by atoms with Gasteiger partial charge in [-0.05, 0) is 36.6 Å². The van der Waals surface area contributed by atoms with Crippen molar-refractivity contribution in [2.24, 2.45) is 5.92 Å². The summed E-state index contributed by atoms with van der Waals surface area (Å²) in [4.78, 5) is 23.5. The molecular weight excluding hydrogens is 249 g/mol. The Hall–Kier alpha value is -1.91. The minimum atomic E-state index is -0.720. The maximum absolute atomic E-state index is 13.1. The fraction of sp³-hybridized carbons (Fsp3) is 0.429. The van der Waals surface area contributed by atoms with Crippen LogP contribution in [0.3, 0.4) is 0 Å². The van der Waals surface area contributed by atoms with E-state index in [1.165, 1.54) is 25.3 Å². The number of ether oxygens (including phenoxy) is 1. The number of methoxy groups -OCH3 is 1. The molecule has 4 nitrogen and oxygen atoms in total. The Morgan fingerprint density at radius 2 is 1.95 bits per heavy atom. The van der Waals surface area contributed by atoms with Crippen LogP contribution in [0.1, 0.15) is 29.8 Å². The third-order valence-electron chi connectivity index (χ3n) is 2.83. The first-order chi connectivity index (χ1) is 8.86. The third kappa shape index (κ3) is 3.77. The molecule has 0 saturated heterocycles. The summed E-state index contributed by atoms with van der Waals surface area (Å²) in [5.74, 6) is -1.39. The van der Waals surface area contributed by atoms with Crippen LogP contribution in [0, 0.1) is 18.7 Å². The molecule has 0 aliphatic rings. The molecule has 0 spiro atoms. The van der Waals surface area contributed by atoms with Crippen LogP contribution in [0.5, 0.6) is 0 Å². The number of halogens is 1. The summed E-state index contributed by atoms with van der Waals surface area (Å²) in [5, 5.41) is 2.59. The SMILES string of the molecule is COC(=O)C(NC(=O)c1ccc(F)c(C)c1)C(C)C. The van der Waals surface area contributed by atoms with Crippen molar-refractivity contribution in [2.45, 2.75) is 26.8 Å². The summed E-state index contributed by atoms with van der Waals surface area (Å²) in [7, 11) is 1.27. The number of carbonyl (C=O) groups is 2. The number of hydrogen-bond donors (Lipinski definition) is 1. The topological polar surface area (TPSA) is 55.4 Å². The second-order valence-corrected chi connectivity index (χ2v) is 4.68. The highest BCUT2D eigenvalue weighted by Gasteiger charge is 2.25. The molecule has 1 aromatic rings. The minimum absolute atomic E-state index is 0.0991. The van der Waals surface area contributed by atoms with Crippen molar-refractivity contribution < 1.29 is 18.7 Å². The van der Waals surface area contributed by atoms with Crippen LogP contribution < -0.4 is 5.32 Å². The number of nitrogens with one attached hydrogen (secondary N) is 1. The lowest BCUT2D eigenvalue weighted by atomic mass is 10.0. The highest BCUT2D eigenvalue weighted by Crippen LogP contribution is 2.11. The van der Waals surface area contributed by atoms with E-state index >= 15 is 0 Å². The molecule has 0 saturated carbocycles. The number of benzene rings is 1. The summed E-state index contributed by atoms with van der Waals surface area (Å²) in [6, 6.07) is 3.33. The van der Waals surface area contributed by atoms with Gasteiger partial charge in [-0.1, -0.05) is 13.8 Å². The maximum Gasteiger partial charge on any atom is 0.328 e. The van der Waals surface area contributed by atoms with E-state index in [2.05, 4.69) is 10.1 Å². The molecule has 1 amide bonds. The maximum atomic E-state index is 13.1. The predicted octanol–water partition coefficient (Wildman–Crippen LogP) is 2.06. The number of rotatable bonds is 4. The number of esters is 1. The molecule has 0 heterocycles. The lowest BCUT2D eigenvalue weighted by molar-refractivity contribution is -0.144. The fourth-order valence-electron chi connectivity index (χ4n) is 1.64. The van der Waals surface area contributed by atoms with E-state index in [0.717, 1.165) is 0 Å². The first-order valence-electron chi connectivity index (χ1n) is 6.01. The molecule has 5 heteroatoms. The Kier molecular flexibility index (Phi) is 5.03. The summed E-state index contributed by atoms with van der Waals surface area (Å²) in [6.07, 6.45) is 0. The molecule has 1 N–H and O–H groups in total. The molecule has 104 valence electrons. The highest BCUT2D eigenvalue weighted by atomic mass is 19.1. The Labute approximate surface area is 112 Å². The van der Waals surface area contributed by atoms with Crippen molar-refractivity contribution in [3.8, 4) is 0 Å². The highest BCUT2D eigenvalue weighted by molar-refractivity contribution is 5.97. The zero-order valence-electron chi connectivity index (χ0n) is 11.5. The third-order valence-corrected chi connectivity index (χ3v) is 2.83. The van der Waals surface area contributed by atoms with Crippen LogP contribution >= 0.6 is 0 Å². The van der Waals surface area contributed by atoms with E-state index in [-0.39, 0.29) is 11.7 Å². The van der Waals surface area contributed by atoms with Gasteiger partial charge in [-0.25, -0.2) is 9.18 Å². The van der Waals surface area contributed by atoms with Gasteiger partial charge in [0.2, 0.25) is 0 Å². The number of carbonyl (C=O) groups excluding carboxylic acids is 2. The molecule has 0 aliphatic heterocycles. The second-order valence-electron chi connectivity index (χ2n) is 4.68. The van der Waals surface area contributed by atoms with Gasteiger partial charge in [-0.2, -0.15) is 0 Å². The van der Waals surface area contributed by atoms with E-state index in [4.69, 9.17) is 0 Å². The lowest BCUT2D eigenvalue weighted by Gasteiger charge is -2.19. The van der Waals surface area contributed by atoms with Crippen molar-refractivity contribution in [2.75, 3.05) is 7.11 Å². The fourth-order valence-corrected chi connectivity index (χ4v) is 1.64. The average molecular weight is 267 g/mol. The van der Waals surface area contributed by atoms with Crippen LogP contribution in [-0.4, -0.2) is 25.0 Å². The molecule has 19 heavy (non-hydrogen) atoms. The molecule has 0 radical (unpaired) electrons. The van der Waals surface area contributed by atoms with Crippen molar-refractivity contribution >= 4 is 11.9 Å². The number of aryl methyl sites for hydroxylation is 1. The van der Waals surface area contributed by atoms with Crippen molar-refractivity contribution in [1.29, 1.82) is 0 Å². The van der Waals surface area contributed by atoms with Crippen molar-refractivity contribution in [3.05, 3.63) is 35.1 Å². The Bertz CT molecular complexity index is 486. The molecule has 0 fully saturated rings. The number of hydrogen-bond acceptors (Lipinski definition) is 3. The summed E-state index contributed by atoms with van der Waals surface area (Å²) in [5.41, 5.74) is 0.695. The van der Waals surface area contributed by atoms with Crippen LogP contribution in [0.15, 0.2) is 18.2 Å². The van der Waals surface area contributed by atoms with Gasteiger partial charge in [0.15, 0.2) is 0 Å². The predicted molar refractivity (Wildman–Crippen MR) is 69.2 cm³/mol. The molecule has 1 atom stereocenters. The van der Waals surface area contributed by atoms with Gasteiger partial charge < -0.3 is 10.1 Å². The summed E-state index contributed by atoms with van der Waals surface area (Å²) < 4.78 is 17.8. The van der Waals surface area contributed by atoms with E-state index in [9.17, 15) is 14.0 Å². The van der Waals surface area contributed by atoms with E-state index in [1.807, 2.05) is 0 Å². The van der Waals surface area contributed by atoms with E-state index in [0.29, 0.717) is 11.1 Å². The van der Waals surface area contributed by atoms with Crippen molar-refractivity contribution in [1.82, 2.24) is 5.32 Å². The monoisotopic (exact) mass is 267 g/mol. The molecule has 0 aliphatic carbocycles. The Morgan fingerprint density at radius 3 is 2.42 bits per heavy atom. The molecular formula is C14H18FNO3. The lowest BCUT2D eigenvalue weighted by Crippen LogP contribution is -2.45. The smallest absolute Gasteiger partial charge is 0.328 e. The van der Waals surface area contributed by atoms with Gasteiger partial charge in [-0.3, -0.25) is 4.79 Å².